The lowest BCUT2D eigenvalue weighted by Crippen LogP contribution is -2.55. The standard InChI is InChI=1S/C14H20FN3O/c1-14(2,16)10-17-6-7-18(13(19)9-17)12-5-3-4-11(15)8-12/h3-5,8H,6-7,9-10,16H2,1-2H3. The SMILES string of the molecule is CC(C)(N)CN1CCN(c2cccc(F)c2)C(=O)C1. The van der Waals surface area contributed by atoms with E-state index in [0.717, 1.165) is 6.54 Å². The van der Waals surface area contributed by atoms with Gasteiger partial charge in [0.1, 0.15) is 5.82 Å². The van der Waals surface area contributed by atoms with Crippen molar-refractivity contribution in [2.75, 3.05) is 31.1 Å². The van der Waals surface area contributed by atoms with Crippen molar-refractivity contribution in [3.8, 4) is 0 Å². The summed E-state index contributed by atoms with van der Waals surface area (Å²) in [6.45, 7) is 6.21. The van der Waals surface area contributed by atoms with Crippen molar-refractivity contribution in [3.05, 3.63) is 30.1 Å². The van der Waals surface area contributed by atoms with E-state index in [1.165, 1.54) is 12.1 Å². The fraction of sp³-hybridized carbons (Fsp3) is 0.500. The minimum Gasteiger partial charge on any atom is -0.324 e. The molecule has 0 saturated carbocycles. The smallest absolute Gasteiger partial charge is 0.241 e. The Labute approximate surface area is 113 Å². The lowest BCUT2D eigenvalue weighted by Gasteiger charge is -2.37. The summed E-state index contributed by atoms with van der Waals surface area (Å²) in [6.07, 6.45) is 0. The van der Waals surface area contributed by atoms with E-state index in [2.05, 4.69) is 0 Å². The highest BCUT2D eigenvalue weighted by molar-refractivity contribution is 5.95. The van der Waals surface area contributed by atoms with Gasteiger partial charge in [-0.05, 0) is 32.0 Å². The van der Waals surface area contributed by atoms with E-state index in [1.807, 2.05) is 18.7 Å². The lowest BCUT2D eigenvalue weighted by molar-refractivity contribution is -0.121. The Morgan fingerprint density at radius 2 is 2.11 bits per heavy atom. The highest BCUT2D eigenvalue weighted by Crippen LogP contribution is 2.18. The van der Waals surface area contributed by atoms with Crippen molar-refractivity contribution in [3.63, 3.8) is 0 Å². The predicted molar refractivity (Wildman–Crippen MR) is 73.5 cm³/mol. The van der Waals surface area contributed by atoms with Crippen LogP contribution in [0.25, 0.3) is 0 Å². The van der Waals surface area contributed by atoms with Gasteiger partial charge in [0.25, 0.3) is 0 Å². The molecule has 2 rings (SSSR count). The maximum Gasteiger partial charge on any atom is 0.241 e. The molecular weight excluding hydrogens is 245 g/mol. The number of carbonyl (C=O) groups is 1. The number of carbonyl (C=O) groups excluding carboxylic acids is 1. The van der Waals surface area contributed by atoms with Crippen molar-refractivity contribution in [1.29, 1.82) is 0 Å². The van der Waals surface area contributed by atoms with Gasteiger partial charge in [0.15, 0.2) is 0 Å². The molecule has 1 amide bonds. The summed E-state index contributed by atoms with van der Waals surface area (Å²) in [5.41, 5.74) is 6.26. The van der Waals surface area contributed by atoms with Gasteiger partial charge < -0.3 is 10.6 Å². The fourth-order valence-electron chi connectivity index (χ4n) is 2.35. The number of benzene rings is 1. The molecule has 1 aromatic rings. The summed E-state index contributed by atoms with van der Waals surface area (Å²) in [7, 11) is 0. The van der Waals surface area contributed by atoms with Gasteiger partial charge in [0.2, 0.25) is 5.91 Å². The third-order valence-electron chi connectivity index (χ3n) is 3.05. The van der Waals surface area contributed by atoms with E-state index in [0.29, 0.717) is 25.3 Å². The van der Waals surface area contributed by atoms with Gasteiger partial charge in [0, 0.05) is 30.9 Å². The third kappa shape index (κ3) is 3.75. The van der Waals surface area contributed by atoms with E-state index in [1.54, 1.807) is 17.0 Å². The molecule has 2 N–H and O–H groups in total. The first-order valence-corrected chi connectivity index (χ1v) is 6.42. The van der Waals surface area contributed by atoms with Crippen LogP contribution in [0.3, 0.4) is 0 Å². The number of anilines is 1. The Balaban J connectivity index is 2.03. The molecule has 0 atom stereocenters. The molecular formula is C14H20FN3O. The molecule has 19 heavy (non-hydrogen) atoms. The Bertz CT molecular complexity index is 470. The van der Waals surface area contributed by atoms with Crippen LogP contribution in [0, 0.1) is 5.82 Å². The Morgan fingerprint density at radius 1 is 1.37 bits per heavy atom. The van der Waals surface area contributed by atoms with Crippen LogP contribution in [0.4, 0.5) is 10.1 Å². The molecule has 1 aromatic carbocycles. The normalized spacial score (nSPS) is 17.9. The number of rotatable bonds is 3. The largest absolute Gasteiger partial charge is 0.324 e. The Hall–Kier alpha value is -1.46. The summed E-state index contributed by atoms with van der Waals surface area (Å²) in [6, 6.07) is 6.14. The second kappa shape index (κ2) is 5.27. The molecule has 0 unspecified atom stereocenters. The second-order valence-corrected chi connectivity index (χ2v) is 5.72. The van der Waals surface area contributed by atoms with E-state index in [-0.39, 0.29) is 17.3 Å². The Kier molecular flexibility index (Phi) is 3.87. The summed E-state index contributed by atoms with van der Waals surface area (Å²) in [5, 5.41) is 0. The van der Waals surface area contributed by atoms with E-state index < -0.39 is 0 Å². The van der Waals surface area contributed by atoms with Crippen LogP contribution in [0.5, 0.6) is 0 Å². The van der Waals surface area contributed by atoms with Gasteiger partial charge in [0.05, 0.1) is 6.54 Å². The molecule has 1 saturated heterocycles. The predicted octanol–water partition coefficient (Wildman–Crippen LogP) is 1.21. The maximum absolute atomic E-state index is 13.2. The molecule has 1 fully saturated rings. The molecule has 1 aliphatic heterocycles. The van der Waals surface area contributed by atoms with Gasteiger partial charge in [-0.15, -0.1) is 0 Å². The number of nitrogens with two attached hydrogens (primary N) is 1. The fourth-order valence-corrected chi connectivity index (χ4v) is 2.35. The highest BCUT2D eigenvalue weighted by atomic mass is 19.1. The number of amides is 1. The zero-order valence-corrected chi connectivity index (χ0v) is 11.4. The first-order chi connectivity index (χ1) is 8.85. The zero-order valence-electron chi connectivity index (χ0n) is 11.4. The second-order valence-electron chi connectivity index (χ2n) is 5.72. The van der Waals surface area contributed by atoms with Crippen LogP contribution < -0.4 is 10.6 Å². The summed E-state index contributed by atoms with van der Waals surface area (Å²) >= 11 is 0. The number of halogens is 1. The van der Waals surface area contributed by atoms with Gasteiger partial charge in [-0.25, -0.2) is 4.39 Å². The summed E-state index contributed by atoms with van der Waals surface area (Å²) < 4.78 is 13.2. The van der Waals surface area contributed by atoms with Crippen LogP contribution in [-0.2, 0) is 4.79 Å². The monoisotopic (exact) mass is 265 g/mol. The molecule has 0 bridgehead atoms. The van der Waals surface area contributed by atoms with Crippen molar-refractivity contribution in [1.82, 2.24) is 4.90 Å². The quantitative estimate of drug-likeness (QED) is 0.893. The minimum atomic E-state index is -0.323. The van der Waals surface area contributed by atoms with Crippen molar-refractivity contribution in [2.45, 2.75) is 19.4 Å². The average Bonchev–Trinajstić information content (AvgIpc) is 2.26. The van der Waals surface area contributed by atoms with Crippen LogP contribution in [0.1, 0.15) is 13.8 Å². The van der Waals surface area contributed by atoms with Gasteiger partial charge in [-0.2, -0.15) is 0 Å². The van der Waals surface area contributed by atoms with Crippen LogP contribution in [0.2, 0.25) is 0 Å². The number of piperazine rings is 1. The van der Waals surface area contributed by atoms with Crippen LogP contribution >= 0.6 is 0 Å². The molecule has 0 spiro atoms. The molecule has 1 aliphatic rings. The topological polar surface area (TPSA) is 49.6 Å². The number of hydrogen-bond acceptors (Lipinski definition) is 3. The van der Waals surface area contributed by atoms with Crippen LogP contribution in [-0.4, -0.2) is 42.5 Å². The molecule has 0 aliphatic carbocycles. The molecule has 5 heteroatoms. The molecule has 0 aromatic heterocycles. The highest BCUT2D eigenvalue weighted by Gasteiger charge is 2.27. The van der Waals surface area contributed by atoms with Gasteiger partial charge >= 0.3 is 0 Å². The molecule has 1 heterocycles. The summed E-state index contributed by atoms with van der Waals surface area (Å²) in [5.74, 6) is -0.336. The number of nitrogens with zero attached hydrogens (tertiary/aromatic N) is 2. The first kappa shape index (κ1) is 14.0. The van der Waals surface area contributed by atoms with E-state index in [9.17, 15) is 9.18 Å². The van der Waals surface area contributed by atoms with Crippen LogP contribution in [0.15, 0.2) is 24.3 Å². The first-order valence-electron chi connectivity index (χ1n) is 6.42. The van der Waals surface area contributed by atoms with Crippen molar-refractivity contribution < 1.29 is 9.18 Å². The molecule has 0 radical (unpaired) electrons. The Morgan fingerprint density at radius 3 is 2.68 bits per heavy atom. The molecule has 4 nitrogen and oxygen atoms in total. The van der Waals surface area contributed by atoms with Gasteiger partial charge in [-0.1, -0.05) is 6.07 Å². The lowest BCUT2D eigenvalue weighted by atomic mass is 10.1. The maximum atomic E-state index is 13.2. The average molecular weight is 265 g/mol. The summed E-state index contributed by atoms with van der Waals surface area (Å²) in [4.78, 5) is 15.8. The van der Waals surface area contributed by atoms with Crippen molar-refractivity contribution in [2.24, 2.45) is 5.73 Å². The van der Waals surface area contributed by atoms with Gasteiger partial charge in [-0.3, -0.25) is 9.69 Å². The molecule has 104 valence electrons. The number of hydrogen-bond donors (Lipinski definition) is 1. The van der Waals surface area contributed by atoms with E-state index >= 15 is 0 Å². The zero-order chi connectivity index (χ0) is 14.0. The van der Waals surface area contributed by atoms with E-state index in [4.69, 9.17) is 5.73 Å². The van der Waals surface area contributed by atoms with Crippen molar-refractivity contribution >= 4 is 11.6 Å². The third-order valence-corrected chi connectivity index (χ3v) is 3.05. The minimum absolute atomic E-state index is 0.0129.